The van der Waals surface area contributed by atoms with Gasteiger partial charge in [0.15, 0.2) is 0 Å². The molecule has 0 unspecified atom stereocenters. The lowest BCUT2D eigenvalue weighted by atomic mass is 9.78. The normalized spacial score (nSPS) is 17.5. The fourth-order valence-corrected chi connectivity index (χ4v) is 3.02. The lowest BCUT2D eigenvalue weighted by Crippen LogP contribution is -2.54. The molecule has 17 heavy (non-hydrogen) atoms. The zero-order valence-corrected chi connectivity index (χ0v) is 12.7. The highest BCUT2D eigenvalue weighted by Gasteiger charge is 2.36. The maximum Gasteiger partial charge on any atom is 0.220 e. The third-order valence-electron chi connectivity index (χ3n) is 3.73. The fraction of sp³-hybridized carbons (Fsp3) is 0.929. The van der Waals surface area contributed by atoms with Crippen molar-refractivity contribution in [2.45, 2.75) is 76.7 Å². The van der Waals surface area contributed by atoms with Crippen LogP contribution in [-0.4, -0.2) is 16.8 Å². The Kier molecular flexibility index (Phi) is 7.17. The largest absolute Gasteiger partial charge is 0.350 e. The molecule has 1 fully saturated rings. The van der Waals surface area contributed by atoms with Gasteiger partial charge in [-0.25, -0.2) is 0 Å². The highest BCUT2D eigenvalue weighted by atomic mass is 79.9. The standard InChI is InChI=1S/C14H26BrNO/c1-2-3-4-5-6-7-9-13(17)16-14(12-15)10-8-11-14/h2-12H2,1H3,(H,16,17). The molecule has 1 aliphatic carbocycles. The minimum atomic E-state index is 0.0965. The lowest BCUT2D eigenvalue weighted by Gasteiger charge is -2.41. The van der Waals surface area contributed by atoms with E-state index >= 15 is 0 Å². The van der Waals surface area contributed by atoms with Crippen LogP contribution in [0.3, 0.4) is 0 Å². The van der Waals surface area contributed by atoms with Crippen molar-refractivity contribution < 1.29 is 4.79 Å². The van der Waals surface area contributed by atoms with E-state index in [1.54, 1.807) is 0 Å². The van der Waals surface area contributed by atoms with Crippen LogP contribution in [0.2, 0.25) is 0 Å². The van der Waals surface area contributed by atoms with Crippen molar-refractivity contribution in [3.63, 3.8) is 0 Å². The molecule has 0 radical (unpaired) electrons. The van der Waals surface area contributed by atoms with Gasteiger partial charge in [-0.1, -0.05) is 55.0 Å². The van der Waals surface area contributed by atoms with E-state index in [1.807, 2.05) is 0 Å². The zero-order valence-electron chi connectivity index (χ0n) is 11.1. The fourth-order valence-electron chi connectivity index (χ4n) is 2.32. The van der Waals surface area contributed by atoms with Gasteiger partial charge in [0.2, 0.25) is 5.91 Å². The highest BCUT2D eigenvalue weighted by molar-refractivity contribution is 9.09. The number of carbonyl (C=O) groups is 1. The molecule has 1 saturated carbocycles. The van der Waals surface area contributed by atoms with Crippen LogP contribution in [0.15, 0.2) is 0 Å². The molecule has 0 aromatic heterocycles. The van der Waals surface area contributed by atoms with Crippen LogP contribution < -0.4 is 5.32 Å². The van der Waals surface area contributed by atoms with Crippen LogP contribution in [0.5, 0.6) is 0 Å². The SMILES string of the molecule is CCCCCCCCC(=O)NC1(CBr)CCC1. The van der Waals surface area contributed by atoms with Crippen molar-refractivity contribution in [2.24, 2.45) is 0 Å². The van der Waals surface area contributed by atoms with Gasteiger partial charge in [-0.2, -0.15) is 0 Å². The van der Waals surface area contributed by atoms with E-state index in [9.17, 15) is 4.79 Å². The number of unbranched alkanes of at least 4 members (excludes halogenated alkanes) is 5. The molecule has 100 valence electrons. The molecule has 1 aliphatic rings. The van der Waals surface area contributed by atoms with Gasteiger partial charge in [0.05, 0.1) is 0 Å². The van der Waals surface area contributed by atoms with Gasteiger partial charge in [-0.05, 0) is 25.7 Å². The van der Waals surface area contributed by atoms with Crippen LogP contribution in [0.4, 0.5) is 0 Å². The van der Waals surface area contributed by atoms with E-state index < -0.39 is 0 Å². The molecular weight excluding hydrogens is 278 g/mol. The molecule has 0 aromatic carbocycles. The van der Waals surface area contributed by atoms with Gasteiger partial charge in [0.25, 0.3) is 0 Å². The smallest absolute Gasteiger partial charge is 0.220 e. The Hall–Kier alpha value is -0.0500. The molecule has 1 rings (SSSR count). The third kappa shape index (κ3) is 5.41. The van der Waals surface area contributed by atoms with Gasteiger partial charge in [0.1, 0.15) is 0 Å². The topological polar surface area (TPSA) is 29.1 Å². The number of rotatable bonds is 9. The Labute approximate surface area is 114 Å². The Morgan fingerprint density at radius 1 is 1.18 bits per heavy atom. The number of hydrogen-bond acceptors (Lipinski definition) is 1. The molecule has 0 heterocycles. The van der Waals surface area contributed by atoms with Crippen molar-refractivity contribution >= 4 is 21.8 Å². The molecule has 0 spiro atoms. The molecule has 0 aliphatic heterocycles. The van der Waals surface area contributed by atoms with Crippen molar-refractivity contribution in [3.8, 4) is 0 Å². The van der Waals surface area contributed by atoms with Crippen molar-refractivity contribution in [1.29, 1.82) is 0 Å². The van der Waals surface area contributed by atoms with Gasteiger partial charge in [-0.15, -0.1) is 0 Å². The van der Waals surface area contributed by atoms with Crippen molar-refractivity contribution in [3.05, 3.63) is 0 Å². The summed E-state index contributed by atoms with van der Waals surface area (Å²) in [4.78, 5) is 11.8. The maximum atomic E-state index is 11.8. The molecule has 1 N–H and O–H groups in total. The summed E-state index contributed by atoms with van der Waals surface area (Å²) in [6.45, 7) is 2.23. The molecule has 0 bridgehead atoms. The maximum absolute atomic E-state index is 11.8. The number of halogens is 1. The summed E-state index contributed by atoms with van der Waals surface area (Å²) in [6.07, 6.45) is 11.7. The number of alkyl halides is 1. The Morgan fingerprint density at radius 2 is 1.82 bits per heavy atom. The van der Waals surface area contributed by atoms with Gasteiger partial charge >= 0.3 is 0 Å². The summed E-state index contributed by atoms with van der Waals surface area (Å²) in [6, 6.07) is 0. The first-order chi connectivity index (χ1) is 8.22. The van der Waals surface area contributed by atoms with Crippen LogP contribution in [-0.2, 0) is 4.79 Å². The first-order valence-electron chi connectivity index (χ1n) is 7.09. The second kappa shape index (κ2) is 8.12. The number of carbonyl (C=O) groups excluding carboxylic acids is 1. The van der Waals surface area contributed by atoms with E-state index in [2.05, 4.69) is 28.2 Å². The van der Waals surface area contributed by atoms with Crippen LogP contribution in [0.1, 0.15) is 71.1 Å². The highest BCUT2D eigenvalue weighted by Crippen LogP contribution is 2.33. The van der Waals surface area contributed by atoms with Gasteiger partial charge < -0.3 is 5.32 Å². The van der Waals surface area contributed by atoms with Crippen LogP contribution in [0, 0.1) is 0 Å². The molecule has 1 amide bonds. The van der Waals surface area contributed by atoms with E-state index in [-0.39, 0.29) is 11.4 Å². The lowest BCUT2D eigenvalue weighted by molar-refractivity contribution is -0.123. The van der Waals surface area contributed by atoms with Crippen molar-refractivity contribution in [1.82, 2.24) is 5.32 Å². The predicted octanol–water partition coefficient (Wildman–Crippen LogP) is 4.17. The number of amides is 1. The molecule has 2 nitrogen and oxygen atoms in total. The molecule has 0 saturated heterocycles. The predicted molar refractivity (Wildman–Crippen MR) is 76.5 cm³/mol. The number of nitrogens with one attached hydrogen (secondary N) is 1. The molecular formula is C14H26BrNO. The van der Waals surface area contributed by atoms with Crippen LogP contribution in [0.25, 0.3) is 0 Å². The monoisotopic (exact) mass is 303 g/mol. The quantitative estimate of drug-likeness (QED) is 0.503. The average Bonchev–Trinajstić information content (AvgIpc) is 2.28. The third-order valence-corrected chi connectivity index (χ3v) is 4.80. The van der Waals surface area contributed by atoms with Gasteiger partial charge in [-0.3, -0.25) is 4.79 Å². The van der Waals surface area contributed by atoms with Crippen molar-refractivity contribution in [2.75, 3.05) is 5.33 Å². The molecule has 3 heteroatoms. The first kappa shape index (κ1) is 15.0. The Bertz CT molecular complexity index is 221. The van der Waals surface area contributed by atoms with E-state index in [0.29, 0.717) is 6.42 Å². The van der Waals surface area contributed by atoms with E-state index in [0.717, 1.165) is 24.6 Å². The Balaban J connectivity index is 2.01. The molecule has 0 atom stereocenters. The summed E-state index contributed by atoms with van der Waals surface area (Å²) >= 11 is 3.51. The number of hydrogen-bond donors (Lipinski definition) is 1. The second-order valence-electron chi connectivity index (χ2n) is 5.33. The zero-order chi connectivity index (χ0) is 12.6. The van der Waals surface area contributed by atoms with Gasteiger partial charge in [0, 0.05) is 17.3 Å². The van der Waals surface area contributed by atoms with Crippen LogP contribution >= 0.6 is 15.9 Å². The summed E-state index contributed by atoms with van der Waals surface area (Å²) in [5, 5.41) is 4.10. The van der Waals surface area contributed by atoms with E-state index in [1.165, 1.54) is 38.5 Å². The molecule has 0 aromatic rings. The van der Waals surface area contributed by atoms with E-state index in [4.69, 9.17) is 0 Å². The Morgan fingerprint density at radius 3 is 2.35 bits per heavy atom. The summed E-state index contributed by atoms with van der Waals surface area (Å²) < 4.78 is 0. The minimum absolute atomic E-state index is 0.0965. The summed E-state index contributed by atoms with van der Waals surface area (Å²) in [5.74, 6) is 0.250. The summed E-state index contributed by atoms with van der Waals surface area (Å²) in [7, 11) is 0. The first-order valence-corrected chi connectivity index (χ1v) is 8.21. The average molecular weight is 304 g/mol. The second-order valence-corrected chi connectivity index (χ2v) is 5.89. The summed E-state index contributed by atoms with van der Waals surface area (Å²) in [5.41, 5.74) is 0.0965. The minimum Gasteiger partial charge on any atom is -0.350 e.